The van der Waals surface area contributed by atoms with Crippen LogP contribution in [0.25, 0.3) is 11.0 Å². The molecule has 1 amide bonds. The first-order valence-electron chi connectivity index (χ1n) is 7.94. The van der Waals surface area contributed by atoms with Crippen molar-refractivity contribution < 1.29 is 14.1 Å². The van der Waals surface area contributed by atoms with Gasteiger partial charge in [-0.3, -0.25) is 9.69 Å². The SMILES string of the molecule is CCn1c(CN(C=O)c2nccnc2N)[n+](C)c2ccc(OC)cc21. The molecule has 8 nitrogen and oxygen atoms in total. The van der Waals surface area contributed by atoms with Crippen LogP contribution in [0.1, 0.15) is 12.7 Å². The lowest BCUT2D eigenvalue weighted by atomic mass is 10.3. The van der Waals surface area contributed by atoms with E-state index in [0.717, 1.165) is 35.6 Å². The summed E-state index contributed by atoms with van der Waals surface area (Å²) >= 11 is 0. The van der Waals surface area contributed by atoms with E-state index in [1.807, 2.05) is 25.2 Å². The fourth-order valence-corrected chi connectivity index (χ4v) is 3.01. The van der Waals surface area contributed by atoms with E-state index in [9.17, 15) is 4.79 Å². The third-order valence-electron chi connectivity index (χ3n) is 4.27. The highest BCUT2D eigenvalue weighted by atomic mass is 16.5. The van der Waals surface area contributed by atoms with Crippen LogP contribution in [0.2, 0.25) is 0 Å². The number of rotatable bonds is 6. The number of aryl methyl sites for hydroxylation is 2. The van der Waals surface area contributed by atoms with Crippen molar-refractivity contribution in [3.8, 4) is 5.75 Å². The summed E-state index contributed by atoms with van der Waals surface area (Å²) in [5.74, 6) is 2.31. The number of amides is 1. The molecule has 1 aromatic carbocycles. The van der Waals surface area contributed by atoms with Crippen molar-refractivity contribution in [2.45, 2.75) is 20.0 Å². The number of aromatic nitrogens is 4. The zero-order valence-electron chi connectivity index (χ0n) is 14.5. The molecule has 0 fully saturated rings. The number of nitrogens with zero attached hydrogens (tertiary/aromatic N) is 5. The highest BCUT2D eigenvalue weighted by Crippen LogP contribution is 2.23. The predicted octanol–water partition coefficient (Wildman–Crippen LogP) is 1.03. The van der Waals surface area contributed by atoms with Crippen molar-refractivity contribution in [3.05, 3.63) is 36.4 Å². The molecule has 0 unspecified atom stereocenters. The average molecular weight is 341 g/mol. The molecule has 8 heteroatoms. The summed E-state index contributed by atoms with van der Waals surface area (Å²) in [6, 6.07) is 5.92. The van der Waals surface area contributed by atoms with E-state index < -0.39 is 0 Å². The van der Waals surface area contributed by atoms with E-state index >= 15 is 0 Å². The van der Waals surface area contributed by atoms with Gasteiger partial charge in [-0.1, -0.05) is 0 Å². The van der Waals surface area contributed by atoms with Gasteiger partial charge in [-0.25, -0.2) is 19.1 Å². The minimum Gasteiger partial charge on any atom is -0.497 e. The number of imidazole rings is 1. The Morgan fingerprint density at radius 2 is 2.12 bits per heavy atom. The number of carbonyl (C=O) groups excluding carboxylic acids is 1. The summed E-state index contributed by atoms with van der Waals surface area (Å²) in [4.78, 5) is 21.3. The van der Waals surface area contributed by atoms with E-state index in [-0.39, 0.29) is 5.82 Å². The van der Waals surface area contributed by atoms with Gasteiger partial charge in [-0.05, 0) is 19.1 Å². The van der Waals surface area contributed by atoms with Gasteiger partial charge in [0.1, 0.15) is 12.3 Å². The van der Waals surface area contributed by atoms with Gasteiger partial charge in [0.05, 0.1) is 20.7 Å². The highest BCUT2D eigenvalue weighted by molar-refractivity contribution is 5.78. The van der Waals surface area contributed by atoms with E-state index in [2.05, 4.69) is 26.0 Å². The number of hydrogen-bond acceptors (Lipinski definition) is 5. The lowest BCUT2D eigenvalue weighted by Crippen LogP contribution is -2.38. The molecule has 0 bridgehead atoms. The standard InChI is InChI=1S/C17H21N6O2/c1-4-23-14-9-12(25-3)5-6-13(14)21(2)15(23)10-22(11-24)17-16(18)19-7-8-20-17/h5-9,11H,4,10H2,1-3H3,(H2,18,19)/q+1. The van der Waals surface area contributed by atoms with E-state index in [4.69, 9.17) is 10.5 Å². The molecule has 0 aliphatic carbocycles. The summed E-state index contributed by atoms with van der Waals surface area (Å²) in [7, 11) is 3.62. The van der Waals surface area contributed by atoms with Crippen molar-refractivity contribution in [1.82, 2.24) is 14.5 Å². The van der Waals surface area contributed by atoms with E-state index in [0.29, 0.717) is 12.4 Å². The van der Waals surface area contributed by atoms with Gasteiger partial charge in [0, 0.05) is 18.5 Å². The molecule has 0 atom stereocenters. The lowest BCUT2D eigenvalue weighted by molar-refractivity contribution is -0.653. The Balaban J connectivity index is 2.10. The van der Waals surface area contributed by atoms with Gasteiger partial charge in [0.25, 0.3) is 5.82 Å². The molecule has 2 aromatic heterocycles. The Morgan fingerprint density at radius 3 is 2.76 bits per heavy atom. The zero-order valence-corrected chi connectivity index (χ0v) is 14.5. The number of fused-ring (bicyclic) bond motifs is 1. The average Bonchev–Trinajstić information content (AvgIpc) is 2.91. The van der Waals surface area contributed by atoms with Gasteiger partial charge >= 0.3 is 0 Å². The Labute approximate surface area is 145 Å². The summed E-state index contributed by atoms with van der Waals surface area (Å²) in [5.41, 5.74) is 7.96. The molecule has 0 saturated carbocycles. The van der Waals surface area contributed by atoms with Crippen LogP contribution in [0.15, 0.2) is 30.6 Å². The topological polar surface area (TPSA) is 90.2 Å². The number of nitrogen functional groups attached to an aromatic ring is 1. The van der Waals surface area contributed by atoms with E-state index in [1.165, 1.54) is 17.3 Å². The van der Waals surface area contributed by atoms with Crippen LogP contribution in [0.3, 0.4) is 0 Å². The fraction of sp³-hybridized carbons (Fsp3) is 0.294. The van der Waals surface area contributed by atoms with Crippen LogP contribution in [0, 0.1) is 0 Å². The third-order valence-corrected chi connectivity index (χ3v) is 4.27. The lowest BCUT2D eigenvalue weighted by Gasteiger charge is -2.15. The molecular weight excluding hydrogens is 320 g/mol. The Bertz CT molecular complexity index is 921. The predicted molar refractivity (Wildman–Crippen MR) is 94.0 cm³/mol. The Morgan fingerprint density at radius 1 is 1.36 bits per heavy atom. The fourth-order valence-electron chi connectivity index (χ4n) is 3.01. The van der Waals surface area contributed by atoms with Crippen LogP contribution in [-0.2, 0) is 24.9 Å². The van der Waals surface area contributed by atoms with Crippen LogP contribution in [-0.4, -0.2) is 28.1 Å². The normalized spacial score (nSPS) is 10.8. The molecule has 2 N–H and O–H groups in total. The maximum Gasteiger partial charge on any atom is 0.277 e. The molecular formula is C17H21N6O2+. The van der Waals surface area contributed by atoms with Crippen LogP contribution in [0.4, 0.5) is 11.6 Å². The maximum atomic E-state index is 11.7. The molecule has 130 valence electrons. The first-order valence-corrected chi connectivity index (χ1v) is 7.94. The molecule has 0 spiro atoms. The number of benzene rings is 1. The second-order valence-corrected chi connectivity index (χ2v) is 5.57. The van der Waals surface area contributed by atoms with Gasteiger partial charge in [-0.15, -0.1) is 0 Å². The number of nitrogens with two attached hydrogens (primary N) is 1. The minimum absolute atomic E-state index is 0.220. The maximum absolute atomic E-state index is 11.7. The van der Waals surface area contributed by atoms with Gasteiger partial charge in [0.2, 0.25) is 6.41 Å². The number of anilines is 2. The van der Waals surface area contributed by atoms with Crippen LogP contribution >= 0.6 is 0 Å². The first kappa shape index (κ1) is 16.7. The van der Waals surface area contributed by atoms with Crippen LogP contribution < -0.4 is 19.9 Å². The molecule has 3 aromatic rings. The van der Waals surface area contributed by atoms with Gasteiger partial charge in [-0.2, -0.15) is 0 Å². The Kier molecular flexibility index (Phi) is 4.51. The number of ether oxygens (including phenoxy) is 1. The largest absolute Gasteiger partial charge is 0.497 e. The van der Waals surface area contributed by atoms with Crippen molar-refractivity contribution in [1.29, 1.82) is 0 Å². The summed E-state index contributed by atoms with van der Waals surface area (Å²) in [5, 5.41) is 0. The van der Waals surface area contributed by atoms with Gasteiger partial charge in [0.15, 0.2) is 22.7 Å². The van der Waals surface area contributed by atoms with Crippen molar-refractivity contribution in [2.75, 3.05) is 17.7 Å². The van der Waals surface area contributed by atoms with Gasteiger partial charge < -0.3 is 10.5 Å². The second kappa shape index (κ2) is 6.76. The van der Waals surface area contributed by atoms with Crippen molar-refractivity contribution in [3.63, 3.8) is 0 Å². The number of hydrogen-bond donors (Lipinski definition) is 1. The molecule has 25 heavy (non-hydrogen) atoms. The molecule has 2 heterocycles. The monoisotopic (exact) mass is 341 g/mol. The van der Waals surface area contributed by atoms with Crippen molar-refractivity contribution in [2.24, 2.45) is 7.05 Å². The molecule has 3 rings (SSSR count). The highest BCUT2D eigenvalue weighted by Gasteiger charge is 2.25. The van der Waals surface area contributed by atoms with Crippen LogP contribution in [0.5, 0.6) is 5.75 Å². The second-order valence-electron chi connectivity index (χ2n) is 5.57. The van der Waals surface area contributed by atoms with Crippen molar-refractivity contribution >= 4 is 29.1 Å². The molecule has 0 aliphatic heterocycles. The molecule has 0 saturated heterocycles. The quantitative estimate of drug-likeness (QED) is 0.534. The minimum atomic E-state index is 0.220. The molecule has 0 aliphatic rings. The third kappa shape index (κ3) is 2.86. The summed E-state index contributed by atoms with van der Waals surface area (Å²) < 4.78 is 9.53. The van der Waals surface area contributed by atoms with E-state index in [1.54, 1.807) is 7.11 Å². The summed E-state index contributed by atoms with van der Waals surface area (Å²) in [6.07, 6.45) is 3.73. The zero-order chi connectivity index (χ0) is 18.0. The molecule has 0 radical (unpaired) electrons. The first-order chi connectivity index (χ1) is 12.1. The summed E-state index contributed by atoms with van der Waals surface area (Å²) in [6.45, 7) is 3.14. The Hall–Kier alpha value is -3.16. The smallest absolute Gasteiger partial charge is 0.277 e. The number of methoxy groups -OCH3 is 1. The number of carbonyl (C=O) groups is 1.